The van der Waals surface area contributed by atoms with E-state index < -0.39 is 0 Å². The Hall–Kier alpha value is -1.63. The van der Waals surface area contributed by atoms with Crippen LogP contribution in [0.4, 0.5) is 0 Å². The molecule has 0 aromatic carbocycles. The Bertz CT molecular complexity index is 400. The third-order valence-electron chi connectivity index (χ3n) is 3.88. The molecule has 4 N–H and O–H groups in total. The average Bonchev–Trinajstić information content (AvgIpc) is 2.52. The Kier molecular flexibility index (Phi) is 7.87. The van der Waals surface area contributed by atoms with Crippen molar-refractivity contribution in [3.8, 4) is 0 Å². The van der Waals surface area contributed by atoms with Gasteiger partial charge < -0.3 is 21.3 Å². The fourth-order valence-electron chi connectivity index (χ4n) is 2.64. The molecule has 0 radical (unpaired) electrons. The largest absolute Gasteiger partial charge is 0.353 e. The fourth-order valence-corrected chi connectivity index (χ4v) is 2.64. The zero-order valence-electron chi connectivity index (χ0n) is 13.6. The first kappa shape index (κ1) is 18.4. The van der Waals surface area contributed by atoms with Gasteiger partial charge in [-0.2, -0.15) is 0 Å². The molecular formula is C15H28N4O3. The summed E-state index contributed by atoms with van der Waals surface area (Å²) in [5, 5.41) is 5.47. The first-order chi connectivity index (χ1) is 10.5. The van der Waals surface area contributed by atoms with Crippen molar-refractivity contribution in [2.24, 2.45) is 11.7 Å². The standard InChI is InChI=1S/C15H28N4O3/c1-3-5-11(2)18-15(22)12-6-4-7-19(10-12)14(21)9-17-13(20)8-16/h11-12H,3-10,16H2,1-2H3,(H,17,20)(H,18,22). The van der Waals surface area contributed by atoms with E-state index in [0.29, 0.717) is 13.1 Å². The normalized spacial score (nSPS) is 19.4. The SMILES string of the molecule is CCCC(C)NC(=O)C1CCCN(C(=O)CNC(=O)CN)C1. The maximum absolute atomic E-state index is 12.2. The number of piperidine rings is 1. The van der Waals surface area contributed by atoms with E-state index >= 15 is 0 Å². The molecule has 0 aromatic heterocycles. The van der Waals surface area contributed by atoms with Gasteiger partial charge >= 0.3 is 0 Å². The number of nitrogens with zero attached hydrogens (tertiary/aromatic N) is 1. The van der Waals surface area contributed by atoms with Gasteiger partial charge in [0.2, 0.25) is 17.7 Å². The van der Waals surface area contributed by atoms with Crippen LogP contribution in [0.1, 0.15) is 39.5 Å². The lowest BCUT2D eigenvalue weighted by Gasteiger charge is -2.32. The summed E-state index contributed by atoms with van der Waals surface area (Å²) < 4.78 is 0. The molecule has 7 heteroatoms. The molecule has 1 aliphatic heterocycles. The van der Waals surface area contributed by atoms with Gasteiger partial charge in [-0.3, -0.25) is 14.4 Å². The van der Waals surface area contributed by atoms with Crippen molar-refractivity contribution in [3.05, 3.63) is 0 Å². The molecule has 0 aromatic rings. The van der Waals surface area contributed by atoms with E-state index in [-0.39, 0.29) is 42.8 Å². The number of amides is 3. The van der Waals surface area contributed by atoms with Crippen molar-refractivity contribution in [1.82, 2.24) is 15.5 Å². The molecule has 1 fully saturated rings. The fraction of sp³-hybridized carbons (Fsp3) is 0.800. The van der Waals surface area contributed by atoms with E-state index in [1.54, 1.807) is 4.90 Å². The number of nitrogens with two attached hydrogens (primary N) is 1. The van der Waals surface area contributed by atoms with Gasteiger partial charge in [-0.1, -0.05) is 13.3 Å². The quantitative estimate of drug-likeness (QED) is 0.595. The Morgan fingerprint density at radius 2 is 2.09 bits per heavy atom. The summed E-state index contributed by atoms with van der Waals surface area (Å²) in [5.74, 6) is -0.666. The van der Waals surface area contributed by atoms with Crippen molar-refractivity contribution in [1.29, 1.82) is 0 Å². The van der Waals surface area contributed by atoms with E-state index in [0.717, 1.165) is 25.7 Å². The van der Waals surface area contributed by atoms with E-state index in [9.17, 15) is 14.4 Å². The summed E-state index contributed by atoms with van der Waals surface area (Å²) in [7, 11) is 0. The summed E-state index contributed by atoms with van der Waals surface area (Å²) in [6.07, 6.45) is 3.57. The predicted octanol–water partition coefficient (Wildman–Crippen LogP) is -0.395. The maximum atomic E-state index is 12.2. The van der Waals surface area contributed by atoms with Gasteiger partial charge in [-0.25, -0.2) is 0 Å². The average molecular weight is 312 g/mol. The van der Waals surface area contributed by atoms with Gasteiger partial charge in [0.15, 0.2) is 0 Å². The van der Waals surface area contributed by atoms with E-state index in [4.69, 9.17) is 5.73 Å². The van der Waals surface area contributed by atoms with Gasteiger partial charge in [0.25, 0.3) is 0 Å². The second-order valence-electron chi connectivity index (χ2n) is 5.86. The minimum atomic E-state index is -0.354. The van der Waals surface area contributed by atoms with Crippen LogP contribution in [0.15, 0.2) is 0 Å². The topological polar surface area (TPSA) is 105 Å². The van der Waals surface area contributed by atoms with E-state index in [1.165, 1.54) is 0 Å². The highest BCUT2D eigenvalue weighted by Crippen LogP contribution is 2.17. The number of carbonyl (C=O) groups excluding carboxylic acids is 3. The summed E-state index contributed by atoms with van der Waals surface area (Å²) >= 11 is 0. The van der Waals surface area contributed by atoms with Crippen molar-refractivity contribution in [2.75, 3.05) is 26.2 Å². The number of rotatable bonds is 7. The molecule has 2 atom stereocenters. The highest BCUT2D eigenvalue weighted by Gasteiger charge is 2.28. The lowest BCUT2D eigenvalue weighted by molar-refractivity contribution is -0.136. The van der Waals surface area contributed by atoms with Crippen LogP contribution in [0.2, 0.25) is 0 Å². The molecule has 1 saturated heterocycles. The molecule has 0 saturated carbocycles. The summed E-state index contributed by atoms with van der Waals surface area (Å²) in [6, 6.07) is 0.160. The Morgan fingerprint density at radius 1 is 1.36 bits per heavy atom. The van der Waals surface area contributed by atoms with Crippen LogP contribution in [-0.2, 0) is 14.4 Å². The zero-order chi connectivity index (χ0) is 16.5. The van der Waals surface area contributed by atoms with Gasteiger partial charge in [0.1, 0.15) is 0 Å². The molecule has 126 valence electrons. The van der Waals surface area contributed by atoms with Crippen LogP contribution in [0.3, 0.4) is 0 Å². The lowest BCUT2D eigenvalue weighted by Crippen LogP contribution is -2.49. The number of likely N-dealkylation sites (tertiary alicyclic amines) is 1. The minimum Gasteiger partial charge on any atom is -0.353 e. The monoisotopic (exact) mass is 312 g/mol. The second-order valence-corrected chi connectivity index (χ2v) is 5.86. The molecule has 22 heavy (non-hydrogen) atoms. The van der Waals surface area contributed by atoms with Crippen molar-refractivity contribution >= 4 is 17.7 Å². The Balaban J connectivity index is 2.44. The van der Waals surface area contributed by atoms with Gasteiger partial charge in [0.05, 0.1) is 19.0 Å². The Labute approximate surface area is 132 Å². The van der Waals surface area contributed by atoms with E-state index in [1.807, 2.05) is 6.92 Å². The smallest absolute Gasteiger partial charge is 0.241 e. The Morgan fingerprint density at radius 3 is 2.73 bits per heavy atom. The second kappa shape index (κ2) is 9.40. The van der Waals surface area contributed by atoms with Crippen LogP contribution < -0.4 is 16.4 Å². The van der Waals surface area contributed by atoms with E-state index in [2.05, 4.69) is 17.6 Å². The van der Waals surface area contributed by atoms with Gasteiger partial charge in [-0.15, -0.1) is 0 Å². The molecule has 3 amide bonds. The van der Waals surface area contributed by atoms with Crippen LogP contribution in [0.5, 0.6) is 0 Å². The predicted molar refractivity (Wildman–Crippen MR) is 83.9 cm³/mol. The van der Waals surface area contributed by atoms with Crippen LogP contribution in [0.25, 0.3) is 0 Å². The summed E-state index contributed by atoms with van der Waals surface area (Å²) in [4.78, 5) is 37.0. The number of carbonyl (C=O) groups is 3. The third-order valence-corrected chi connectivity index (χ3v) is 3.88. The first-order valence-electron chi connectivity index (χ1n) is 8.02. The number of nitrogens with one attached hydrogen (secondary N) is 2. The highest BCUT2D eigenvalue weighted by atomic mass is 16.2. The van der Waals surface area contributed by atoms with Crippen LogP contribution in [0, 0.1) is 5.92 Å². The molecule has 0 aliphatic carbocycles. The number of hydrogen-bond acceptors (Lipinski definition) is 4. The first-order valence-corrected chi connectivity index (χ1v) is 8.02. The zero-order valence-corrected chi connectivity index (χ0v) is 13.6. The molecule has 2 unspecified atom stereocenters. The molecular weight excluding hydrogens is 284 g/mol. The van der Waals surface area contributed by atoms with Crippen molar-refractivity contribution < 1.29 is 14.4 Å². The molecule has 0 bridgehead atoms. The van der Waals surface area contributed by atoms with Crippen LogP contribution in [-0.4, -0.2) is 54.8 Å². The molecule has 1 heterocycles. The van der Waals surface area contributed by atoms with Crippen molar-refractivity contribution in [3.63, 3.8) is 0 Å². The number of hydrogen-bond donors (Lipinski definition) is 3. The van der Waals surface area contributed by atoms with Crippen molar-refractivity contribution in [2.45, 2.75) is 45.6 Å². The molecule has 0 spiro atoms. The summed E-state index contributed by atoms with van der Waals surface area (Å²) in [5.41, 5.74) is 5.18. The minimum absolute atomic E-state index is 0.0180. The molecule has 1 rings (SSSR count). The molecule has 7 nitrogen and oxygen atoms in total. The third kappa shape index (κ3) is 6.01. The maximum Gasteiger partial charge on any atom is 0.241 e. The van der Waals surface area contributed by atoms with Crippen LogP contribution >= 0.6 is 0 Å². The van der Waals surface area contributed by atoms with Gasteiger partial charge in [-0.05, 0) is 26.2 Å². The highest BCUT2D eigenvalue weighted by molar-refractivity contribution is 5.86. The van der Waals surface area contributed by atoms with Gasteiger partial charge in [0, 0.05) is 19.1 Å². The molecule has 1 aliphatic rings. The lowest BCUT2D eigenvalue weighted by atomic mass is 9.96. The summed E-state index contributed by atoms with van der Waals surface area (Å²) in [6.45, 7) is 4.94.